The Balaban J connectivity index is 1.68. The zero-order valence-corrected chi connectivity index (χ0v) is 23.2. The van der Waals surface area contributed by atoms with Crippen LogP contribution in [0.5, 0.6) is 0 Å². The van der Waals surface area contributed by atoms with Crippen LogP contribution in [0, 0.1) is 17.5 Å². The molecule has 1 aliphatic heterocycles. The third kappa shape index (κ3) is 6.37. The lowest BCUT2D eigenvalue weighted by molar-refractivity contribution is -0.186. The molecule has 1 aromatic carbocycles. The topological polar surface area (TPSA) is 130 Å². The molecular formula is C25H31F5N4O6S. The molecule has 0 radical (unpaired) electrons. The van der Waals surface area contributed by atoms with Crippen LogP contribution in [0.2, 0.25) is 0 Å². The minimum Gasteiger partial charge on any atom is -0.394 e. The highest BCUT2D eigenvalue weighted by Crippen LogP contribution is 2.47. The smallest absolute Gasteiger partial charge is 0.248 e. The third-order valence-electron chi connectivity index (χ3n) is 7.46. The van der Waals surface area contributed by atoms with Crippen LogP contribution in [-0.4, -0.2) is 109 Å². The van der Waals surface area contributed by atoms with Gasteiger partial charge in [-0.1, -0.05) is 5.21 Å². The number of aromatic nitrogens is 3. The number of alkyl halides is 2. The number of ether oxygens (including phenoxy) is 2. The highest BCUT2D eigenvalue weighted by molar-refractivity contribution is 8.01. The number of nitrogens with zero attached hydrogens (tertiary/aromatic N) is 4. The van der Waals surface area contributed by atoms with Crippen LogP contribution in [-0.2, 0) is 14.3 Å². The Morgan fingerprint density at radius 2 is 1.83 bits per heavy atom. The number of rotatable bonds is 8. The number of benzene rings is 1. The van der Waals surface area contributed by atoms with Crippen molar-refractivity contribution in [2.24, 2.45) is 0 Å². The van der Waals surface area contributed by atoms with Crippen LogP contribution in [0.3, 0.4) is 0 Å². The second-order valence-electron chi connectivity index (χ2n) is 10.5. The van der Waals surface area contributed by atoms with Gasteiger partial charge in [0.05, 0.1) is 18.4 Å². The molecule has 1 aromatic heterocycles. The van der Waals surface area contributed by atoms with E-state index in [2.05, 4.69) is 10.3 Å². The summed E-state index contributed by atoms with van der Waals surface area (Å²) in [5.74, 6) is -8.08. The first-order valence-electron chi connectivity index (χ1n) is 12.7. The van der Waals surface area contributed by atoms with Gasteiger partial charge in [-0.3, -0.25) is 4.79 Å². The molecule has 1 amide bonds. The number of hydrogen-bond acceptors (Lipinski definition) is 9. The van der Waals surface area contributed by atoms with E-state index in [0.29, 0.717) is 0 Å². The van der Waals surface area contributed by atoms with Gasteiger partial charge in [0.1, 0.15) is 40.7 Å². The minimum atomic E-state index is -2.97. The summed E-state index contributed by atoms with van der Waals surface area (Å²) in [6.45, 7) is -0.677. The Kier molecular flexibility index (Phi) is 9.31. The summed E-state index contributed by atoms with van der Waals surface area (Å²) >= 11 is 0.811. The summed E-state index contributed by atoms with van der Waals surface area (Å²) in [4.78, 5) is 14.4. The zero-order chi connectivity index (χ0) is 30.3. The van der Waals surface area contributed by atoms with Gasteiger partial charge < -0.3 is 29.7 Å². The van der Waals surface area contributed by atoms with Gasteiger partial charge in [0.25, 0.3) is 0 Å². The van der Waals surface area contributed by atoms with E-state index in [1.165, 1.54) is 32.3 Å². The van der Waals surface area contributed by atoms with E-state index < -0.39 is 89.4 Å². The van der Waals surface area contributed by atoms with Crippen molar-refractivity contribution in [3.63, 3.8) is 0 Å². The molecule has 41 heavy (non-hydrogen) atoms. The molecule has 16 heteroatoms. The fourth-order valence-electron chi connectivity index (χ4n) is 5.08. The molecule has 0 unspecified atom stereocenters. The van der Waals surface area contributed by atoms with Crippen molar-refractivity contribution >= 4 is 17.7 Å². The lowest BCUT2D eigenvalue weighted by Gasteiger charge is -2.47. The minimum absolute atomic E-state index is 0.0702. The molecule has 3 N–H and O–H groups in total. The number of carbonyl (C=O) groups excluding carboxylic acids is 1. The maximum absolute atomic E-state index is 13.9. The summed E-state index contributed by atoms with van der Waals surface area (Å²) in [6, 6.07) is 0.310. The molecule has 2 aliphatic rings. The molecule has 0 spiro atoms. The largest absolute Gasteiger partial charge is 0.394 e. The number of thioether (sulfide) groups is 1. The van der Waals surface area contributed by atoms with E-state index in [0.717, 1.165) is 28.6 Å². The predicted octanol–water partition coefficient (Wildman–Crippen LogP) is 2.13. The highest BCUT2D eigenvalue weighted by Gasteiger charge is 2.54. The predicted molar refractivity (Wildman–Crippen MR) is 135 cm³/mol. The molecule has 6 atom stereocenters. The van der Waals surface area contributed by atoms with Crippen LogP contribution in [0.1, 0.15) is 31.7 Å². The molecule has 2 heterocycles. The number of carbonyl (C=O) groups is 1. The number of hydrogen-bond donors (Lipinski definition) is 3. The summed E-state index contributed by atoms with van der Waals surface area (Å²) in [5.41, 5.74) is -3.16. The van der Waals surface area contributed by atoms with Gasteiger partial charge in [0.2, 0.25) is 11.8 Å². The van der Waals surface area contributed by atoms with E-state index in [-0.39, 0.29) is 24.1 Å². The Labute approximate surface area is 236 Å². The monoisotopic (exact) mass is 610 g/mol. The quantitative estimate of drug-likeness (QED) is 0.304. The molecule has 0 bridgehead atoms. The molecule has 1 saturated heterocycles. The summed E-state index contributed by atoms with van der Waals surface area (Å²) in [6.07, 6.45) is -4.52. The number of aliphatic hydroxyl groups excluding tert-OH is 2. The average Bonchev–Trinajstić information content (AvgIpc) is 3.41. The molecule has 1 saturated carbocycles. The number of halogens is 5. The summed E-state index contributed by atoms with van der Waals surface area (Å²) < 4.78 is 81.6. The normalized spacial score (nSPS) is 28.3. The van der Waals surface area contributed by atoms with Crippen LogP contribution in [0.4, 0.5) is 22.0 Å². The maximum atomic E-state index is 13.9. The first-order valence-corrected chi connectivity index (χ1v) is 13.7. The maximum Gasteiger partial charge on any atom is 0.248 e. The second-order valence-corrected chi connectivity index (χ2v) is 11.7. The van der Waals surface area contributed by atoms with Crippen molar-refractivity contribution in [3.05, 3.63) is 35.8 Å². The molecule has 4 rings (SSSR count). The van der Waals surface area contributed by atoms with E-state index >= 15 is 0 Å². The van der Waals surface area contributed by atoms with Crippen LogP contribution in [0.15, 0.2) is 18.3 Å². The first-order chi connectivity index (χ1) is 19.2. The highest BCUT2D eigenvalue weighted by atomic mass is 32.2. The lowest BCUT2D eigenvalue weighted by atomic mass is 9.80. The van der Waals surface area contributed by atoms with E-state index in [1.807, 2.05) is 0 Å². The summed E-state index contributed by atoms with van der Waals surface area (Å²) in [7, 11) is 4.18. The van der Waals surface area contributed by atoms with Crippen LogP contribution >= 0.6 is 11.8 Å². The molecular weight excluding hydrogens is 579 g/mol. The van der Waals surface area contributed by atoms with Crippen molar-refractivity contribution < 1.29 is 51.5 Å². The summed E-state index contributed by atoms with van der Waals surface area (Å²) in [5, 5.41) is 39.0. The fraction of sp³-hybridized carbons (Fsp3) is 0.640. The van der Waals surface area contributed by atoms with Crippen LogP contribution in [0.25, 0.3) is 11.3 Å². The zero-order valence-electron chi connectivity index (χ0n) is 22.4. The molecule has 2 aromatic rings. The van der Waals surface area contributed by atoms with E-state index in [4.69, 9.17) is 9.47 Å². The number of amides is 1. The van der Waals surface area contributed by atoms with Gasteiger partial charge >= 0.3 is 0 Å². The molecule has 1 aliphatic carbocycles. The van der Waals surface area contributed by atoms with Gasteiger partial charge in [0.15, 0.2) is 17.5 Å². The van der Waals surface area contributed by atoms with E-state index in [1.54, 1.807) is 0 Å². The Morgan fingerprint density at radius 1 is 1.22 bits per heavy atom. The van der Waals surface area contributed by atoms with Crippen molar-refractivity contribution in [3.8, 4) is 11.3 Å². The van der Waals surface area contributed by atoms with Gasteiger partial charge in [-0.05, 0) is 25.0 Å². The van der Waals surface area contributed by atoms with Gasteiger partial charge in [0, 0.05) is 39.6 Å². The van der Waals surface area contributed by atoms with Crippen LogP contribution < -0.4 is 0 Å². The standard InChI is InChI=1S/C25H31F5N4O6S/c1-33(2)22(37)21(24(38)4-6-25(29,30)7-5-24)41-23-20(39-3)18(19(36)16(11-35)40-23)34-10-15(31-32-34)12-8-13(26)17(28)14(27)9-12/h8-10,16,18-21,23,35-36,38H,4-7,11H2,1-3H3/t16-,18+,19+,20-,21-,23+/m1/s1. The van der Waals surface area contributed by atoms with Crippen molar-refractivity contribution in [1.29, 1.82) is 0 Å². The average molecular weight is 611 g/mol. The Bertz CT molecular complexity index is 1220. The van der Waals surface area contributed by atoms with Crippen molar-refractivity contribution in [2.45, 2.75) is 72.2 Å². The number of aliphatic hydroxyl groups is 3. The Morgan fingerprint density at radius 3 is 2.37 bits per heavy atom. The molecule has 228 valence electrons. The third-order valence-corrected chi connectivity index (χ3v) is 9.02. The number of methoxy groups -OCH3 is 1. The van der Waals surface area contributed by atoms with Gasteiger partial charge in [-0.15, -0.1) is 16.9 Å². The van der Waals surface area contributed by atoms with Gasteiger partial charge in [-0.2, -0.15) is 0 Å². The van der Waals surface area contributed by atoms with Crippen molar-refractivity contribution in [1.82, 2.24) is 19.9 Å². The SMILES string of the molecule is CO[C@@H]1[C@@H](n2cc(-c3cc(F)c(F)c(F)c3)nn2)[C@@H](O)[C@@H](CO)O[C@H]1S[C@H](C(=O)N(C)C)C1(O)CCC(F)(F)CC1. The molecule has 2 fully saturated rings. The van der Waals surface area contributed by atoms with Gasteiger partial charge in [-0.25, -0.2) is 26.6 Å². The fourth-order valence-corrected chi connectivity index (χ4v) is 6.79. The molecule has 10 nitrogen and oxygen atoms in total. The lowest BCUT2D eigenvalue weighted by Crippen LogP contribution is -2.58. The second kappa shape index (κ2) is 12.1. The van der Waals surface area contributed by atoms with Crippen molar-refractivity contribution in [2.75, 3.05) is 27.8 Å². The first kappa shape index (κ1) is 31.6. The Hall–Kier alpha value is -2.37. The van der Waals surface area contributed by atoms with E-state index in [9.17, 15) is 42.1 Å².